The second-order valence-electron chi connectivity index (χ2n) is 8.22. The van der Waals surface area contributed by atoms with Crippen LogP contribution in [0, 0.1) is 18.8 Å². The van der Waals surface area contributed by atoms with Crippen molar-refractivity contribution in [2.24, 2.45) is 11.8 Å². The fraction of sp³-hybridized carbons (Fsp3) is 0.714. The molecule has 1 aliphatic carbocycles. The second kappa shape index (κ2) is 7.65. The van der Waals surface area contributed by atoms with Gasteiger partial charge in [0.1, 0.15) is 5.69 Å². The molecule has 0 radical (unpaired) electrons. The minimum Gasteiger partial charge on any atom is -0.381 e. The molecule has 1 aromatic heterocycles. The lowest BCUT2D eigenvalue weighted by molar-refractivity contribution is -0.0673. The van der Waals surface area contributed by atoms with E-state index >= 15 is 0 Å². The van der Waals surface area contributed by atoms with Crippen LogP contribution in [0.25, 0.3) is 0 Å². The van der Waals surface area contributed by atoms with Gasteiger partial charge in [-0.1, -0.05) is 6.07 Å². The lowest BCUT2D eigenvalue weighted by atomic mass is 9.78. The molecular weight excluding hydrogens is 328 g/mol. The van der Waals surface area contributed by atoms with Crippen LogP contribution < -0.4 is 0 Å². The molecule has 5 heteroatoms. The fourth-order valence-corrected chi connectivity index (χ4v) is 4.35. The van der Waals surface area contributed by atoms with Gasteiger partial charge in [-0.2, -0.15) is 0 Å². The van der Waals surface area contributed by atoms with Gasteiger partial charge in [0.05, 0.1) is 5.60 Å². The smallest absolute Gasteiger partial charge is 0.272 e. The Hall–Kier alpha value is -1.46. The van der Waals surface area contributed by atoms with E-state index in [0.717, 1.165) is 70.1 Å². The lowest BCUT2D eigenvalue weighted by Gasteiger charge is -2.42. The number of ether oxygens (including phenoxy) is 2. The normalized spacial score (nSPS) is 25.0. The molecule has 1 atom stereocenters. The van der Waals surface area contributed by atoms with Gasteiger partial charge in [-0.25, -0.2) is 0 Å². The molecule has 2 saturated heterocycles. The van der Waals surface area contributed by atoms with E-state index in [2.05, 4.69) is 4.98 Å². The van der Waals surface area contributed by atoms with Crippen LogP contribution in [0.2, 0.25) is 0 Å². The van der Waals surface area contributed by atoms with Gasteiger partial charge in [0.25, 0.3) is 5.91 Å². The van der Waals surface area contributed by atoms with Gasteiger partial charge in [-0.3, -0.25) is 9.78 Å². The first kappa shape index (κ1) is 17.9. The number of carbonyl (C=O) groups is 1. The number of aromatic nitrogens is 1. The van der Waals surface area contributed by atoms with Crippen molar-refractivity contribution in [3.8, 4) is 0 Å². The average molecular weight is 358 g/mol. The predicted octanol–water partition coefficient (Wildman–Crippen LogP) is 3.22. The topological polar surface area (TPSA) is 51.7 Å². The van der Waals surface area contributed by atoms with Gasteiger partial charge in [-0.05, 0) is 68.9 Å². The van der Waals surface area contributed by atoms with Gasteiger partial charge >= 0.3 is 0 Å². The molecule has 0 aromatic carbocycles. The zero-order valence-electron chi connectivity index (χ0n) is 15.8. The third kappa shape index (κ3) is 3.94. The number of pyridine rings is 1. The molecule has 3 aliphatic rings. The number of likely N-dealkylation sites (tertiary alicyclic amines) is 1. The number of rotatable bonds is 6. The van der Waals surface area contributed by atoms with Gasteiger partial charge in [-0.15, -0.1) is 0 Å². The Morgan fingerprint density at radius 1 is 1.31 bits per heavy atom. The highest BCUT2D eigenvalue weighted by atomic mass is 16.5. The molecule has 5 nitrogen and oxygen atoms in total. The van der Waals surface area contributed by atoms with Crippen molar-refractivity contribution < 1.29 is 14.3 Å². The van der Waals surface area contributed by atoms with Crippen LogP contribution in [0.5, 0.6) is 0 Å². The third-order valence-electron chi connectivity index (χ3n) is 6.29. The van der Waals surface area contributed by atoms with E-state index < -0.39 is 0 Å². The maximum absolute atomic E-state index is 12.7. The number of hydrogen-bond acceptors (Lipinski definition) is 4. The largest absolute Gasteiger partial charge is 0.381 e. The molecule has 26 heavy (non-hydrogen) atoms. The molecule has 0 unspecified atom stereocenters. The highest BCUT2D eigenvalue weighted by Crippen LogP contribution is 2.42. The number of aryl methyl sites for hydroxylation is 1. The van der Waals surface area contributed by atoms with Crippen molar-refractivity contribution in [3.63, 3.8) is 0 Å². The van der Waals surface area contributed by atoms with Crippen LogP contribution in [0.3, 0.4) is 0 Å². The monoisotopic (exact) mass is 358 g/mol. The maximum Gasteiger partial charge on any atom is 0.272 e. The van der Waals surface area contributed by atoms with E-state index in [0.29, 0.717) is 11.6 Å². The van der Waals surface area contributed by atoms with E-state index in [1.54, 1.807) is 6.20 Å². The Labute approximate surface area is 156 Å². The second-order valence-corrected chi connectivity index (χ2v) is 8.22. The average Bonchev–Trinajstić information content (AvgIpc) is 3.41. The van der Waals surface area contributed by atoms with Crippen LogP contribution in [0.1, 0.15) is 54.6 Å². The van der Waals surface area contributed by atoms with Crippen LogP contribution >= 0.6 is 0 Å². The summed E-state index contributed by atoms with van der Waals surface area (Å²) in [5.41, 5.74) is 1.58. The van der Waals surface area contributed by atoms with E-state index in [-0.39, 0.29) is 11.5 Å². The molecule has 4 rings (SSSR count). The number of piperidine rings is 1. The van der Waals surface area contributed by atoms with Gasteiger partial charge in [0.15, 0.2) is 0 Å². The van der Waals surface area contributed by atoms with Gasteiger partial charge < -0.3 is 14.4 Å². The Kier molecular flexibility index (Phi) is 5.28. The molecule has 1 amide bonds. The molecule has 142 valence electrons. The van der Waals surface area contributed by atoms with Crippen LogP contribution in [0.4, 0.5) is 0 Å². The molecule has 1 saturated carbocycles. The number of carbonyl (C=O) groups excluding carboxylic acids is 1. The molecule has 1 spiro atoms. The van der Waals surface area contributed by atoms with E-state index in [1.165, 1.54) is 12.8 Å². The summed E-state index contributed by atoms with van der Waals surface area (Å²) < 4.78 is 12.1. The fourth-order valence-electron chi connectivity index (χ4n) is 4.35. The minimum absolute atomic E-state index is 0.0412. The Bertz CT molecular complexity index is 619. The summed E-state index contributed by atoms with van der Waals surface area (Å²) >= 11 is 0. The SMILES string of the molecule is Cc1ccc(C(=O)N2CCC3(CC2)OCC[C@@H]3CCOCC2CC2)nc1. The van der Waals surface area contributed by atoms with Crippen molar-refractivity contribution in [2.75, 3.05) is 32.9 Å². The summed E-state index contributed by atoms with van der Waals surface area (Å²) in [6.07, 6.45) is 8.51. The summed E-state index contributed by atoms with van der Waals surface area (Å²) in [7, 11) is 0. The standard InChI is InChI=1S/C21H30N2O3/c1-16-2-5-19(22-14-16)20(24)23-10-8-21(9-11-23)18(7-13-26-21)6-12-25-15-17-3-4-17/h2,5,14,17-18H,3-4,6-13,15H2,1H3/t18-/m0/s1. The molecule has 2 aliphatic heterocycles. The minimum atomic E-state index is -0.0412. The predicted molar refractivity (Wildman–Crippen MR) is 99.1 cm³/mol. The first-order valence-electron chi connectivity index (χ1n) is 10.1. The van der Waals surface area contributed by atoms with Crippen LogP contribution in [-0.2, 0) is 9.47 Å². The number of nitrogens with zero attached hydrogens (tertiary/aromatic N) is 2. The molecule has 0 bridgehead atoms. The Morgan fingerprint density at radius 3 is 2.81 bits per heavy atom. The van der Waals surface area contributed by atoms with Crippen LogP contribution in [-0.4, -0.2) is 54.3 Å². The maximum atomic E-state index is 12.7. The van der Waals surface area contributed by atoms with Crippen molar-refractivity contribution in [2.45, 2.75) is 51.0 Å². The zero-order valence-corrected chi connectivity index (χ0v) is 15.8. The molecular formula is C21H30N2O3. The summed E-state index contributed by atoms with van der Waals surface area (Å²) in [5.74, 6) is 1.44. The van der Waals surface area contributed by atoms with E-state index in [4.69, 9.17) is 9.47 Å². The van der Waals surface area contributed by atoms with Crippen LogP contribution in [0.15, 0.2) is 18.3 Å². The number of amides is 1. The summed E-state index contributed by atoms with van der Waals surface area (Å²) in [6.45, 7) is 6.13. The van der Waals surface area contributed by atoms with Gasteiger partial charge in [0.2, 0.25) is 0 Å². The molecule has 1 aromatic rings. The summed E-state index contributed by atoms with van der Waals surface area (Å²) in [6, 6.07) is 3.78. The summed E-state index contributed by atoms with van der Waals surface area (Å²) in [5, 5.41) is 0. The molecule has 0 N–H and O–H groups in total. The quantitative estimate of drug-likeness (QED) is 0.733. The van der Waals surface area contributed by atoms with E-state index in [9.17, 15) is 4.79 Å². The molecule has 3 heterocycles. The Balaban J connectivity index is 1.29. The zero-order chi connectivity index (χ0) is 18.0. The van der Waals surface area contributed by atoms with E-state index in [1.807, 2.05) is 24.0 Å². The van der Waals surface area contributed by atoms with Crippen molar-refractivity contribution in [1.29, 1.82) is 0 Å². The third-order valence-corrected chi connectivity index (χ3v) is 6.29. The Morgan fingerprint density at radius 2 is 2.12 bits per heavy atom. The van der Waals surface area contributed by atoms with Crippen molar-refractivity contribution in [3.05, 3.63) is 29.6 Å². The van der Waals surface area contributed by atoms with Crippen molar-refractivity contribution in [1.82, 2.24) is 9.88 Å². The molecule has 3 fully saturated rings. The number of hydrogen-bond donors (Lipinski definition) is 0. The summed E-state index contributed by atoms with van der Waals surface area (Å²) in [4.78, 5) is 18.9. The highest BCUT2D eigenvalue weighted by molar-refractivity contribution is 5.92. The highest BCUT2D eigenvalue weighted by Gasteiger charge is 2.46. The first-order valence-corrected chi connectivity index (χ1v) is 10.1. The van der Waals surface area contributed by atoms with Gasteiger partial charge in [0, 0.05) is 39.1 Å². The van der Waals surface area contributed by atoms with Crippen molar-refractivity contribution >= 4 is 5.91 Å². The lowest BCUT2D eigenvalue weighted by Crippen LogP contribution is -2.49. The first-order chi connectivity index (χ1) is 12.7.